The Labute approximate surface area is 144 Å². The van der Waals surface area contributed by atoms with E-state index in [1.807, 2.05) is 24.3 Å². The summed E-state index contributed by atoms with van der Waals surface area (Å²) in [7, 11) is 0. The van der Waals surface area contributed by atoms with Crippen molar-refractivity contribution < 1.29 is 5.11 Å². The second kappa shape index (κ2) is 6.03. The first-order chi connectivity index (χ1) is 11.6. The van der Waals surface area contributed by atoms with Gasteiger partial charge >= 0.3 is 0 Å². The fraction of sp³-hybridized carbons (Fsp3) is 0.353. The van der Waals surface area contributed by atoms with E-state index < -0.39 is 5.60 Å². The van der Waals surface area contributed by atoms with E-state index in [9.17, 15) is 5.11 Å². The number of aliphatic hydroxyl groups is 1. The summed E-state index contributed by atoms with van der Waals surface area (Å²) in [6.07, 6.45) is 6.87. The van der Waals surface area contributed by atoms with Gasteiger partial charge < -0.3 is 10.0 Å². The Morgan fingerprint density at radius 1 is 1.25 bits per heavy atom. The van der Waals surface area contributed by atoms with Crippen LogP contribution in [-0.4, -0.2) is 43.8 Å². The number of rotatable bonds is 3. The van der Waals surface area contributed by atoms with Crippen molar-refractivity contribution in [2.75, 3.05) is 18.0 Å². The maximum absolute atomic E-state index is 11.0. The number of benzene rings is 1. The third kappa shape index (κ3) is 2.95. The molecule has 0 aliphatic carbocycles. The molecule has 2 aromatic heterocycles. The molecule has 1 aliphatic heterocycles. The van der Waals surface area contributed by atoms with Crippen molar-refractivity contribution in [1.82, 2.24) is 20.0 Å². The minimum absolute atomic E-state index is 0.443. The number of anilines is 1. The van der Waals surface area contributed by atoms with E-state index in [1.54, 1.807) is 23.3 Å². The number of β-amino-alcohol motifs (C(OH)–C–C–N with tert-alkyl or cyclic N) is 1. The average Bonchev–Trinajstić information content (AvgIpc) is 3.06. The number of fused-ring (bicyclic) bond motifs is 1. The van der Waals surface area contributed by atoms with Crippen LogP contribution in [0.4, 0.5) is 5.69 Å². The van der Waals surface area contributed by atoms with Crippen LogP contribution < -0.4 is 4.90 Å². The van der Waals surface area contributed by atoms with E-state index in [0.29, 0.717) is 18.1 Å². The lowest BCUT2D eigenvalue weighted by atomic mass is 9.92. The number of nitrogens with zero attached hydrogens (tertiary/aromatic N) is 5. The SMILES string of the molecule is OC1(Cn2ccnn2)CCCN(c2ccnc3cc(Cl)ccc23)C1. The number of pyridine rings is 1. The van der Waals surface area contributed by atoms with E-state index >= 15 is 0 Å². The zero-order valence-electron chi connectivity index (χ0n) is 13.1. The topological polar surface area (TPSA) is 67.1 Å². The van der Waals surface area contributed by atoms with Crippen molar-refractivity contribution in [3.05, 3.63) is 47.9 Å². The fourth-order valence-electron chi connectivity index (χ4n) is 3.45. The van der Waals surface area contributed by atoms with Crippen molar-refractivity contribution >= 4 is 28.2 Å². The monoisotopic (exact) mass is 343 g/mol. The number of hydrogen-bond acceptors (Lipinski definition) is 5. The van der Waals surface area contributed by atoms with Gasteiger partial charge in [-0.25, -0.2) is 4.68 Å². The summed E-state index contributed by atoms with van der Waals surface area (Å²) in [5.74, 6) is 0. The molecule has 0 amide bonds. The molecular weight excluding hydrogens is 326 g/mol. The Morgan fingerprint density at radius 3 is 3.00 bits per heavy atom. The summed E-state index contributed by atoms with van der Waals surface area (Å²) < 4.78 is 1.69. The molecule has 24 heavy (non-hydrogen) atoms. The number of hydrogen-bond donors (Lipinski definition) is 1. The summed E-state index contributed by atoms with van der Waals surface area (Å²) in [6, 6.07) is 7.73. The van der Waals surface area contributed by atoms with E-state index in [2.05, 4.69) is 20.2 Å². The Balaban J connectivity index is 1.64. The normalized spacial score (nSPS) is 21.3. The van der Waals surface area contributed by atoms with Crippen molar-refractivity contribution in [2.45, 2.75) is 25.0 Å². The second-order valence-electron chi connectivity index (χ2n) is 6.34. The van der Waals surface area contributed by atoms with Crippen LogP contribution in [0.3, 0.4) is 0 Å². The smallest absolute Gasteiger partial charge is 0.102 e. The molecule has 0 saturated carbocycles. The predicted octanol–water partition coefficient (Wildman–Crippen LogP) is 2.51. The highest BCUT2D eigenvalue weighted by Crippen LogP contribution is 2.32. The van der Waals surface area contributed by atoms with Crippen LogP contribution in [0.15, 0.2) is 42.9 Å². The van der Waals surface area contributed by atoms with Gasteiger partial charge in [-0.05, 0) is 37.1 Å². The van der Waals surface area contributed by atoms with Crippen molar-refractivity contribution in [3.8, 4) is 0 Å². The molecule has 0 radical (unpaired) electrons. The lowest BCUT2D eigenvalue weighted by Crippen LogP contribution is -2.50. The quantitative estimate of drug-likeness (QED) is 0.791. The molecule has 0 bridgehead atoms. The highest BCUT2D eigenvalue weighted by Gasteiger charge is 2.34. The lowest BCUT2D eigenvalue weighted by Gasteiger charge is -2.40. The van der Waals surface area contributed by atoms with Crippen LogP contribution in [0, 0.1) is 0 Å². The molecule has 0 spiro atoms. The van der Waals surface area contributed by atoms with Gasteiger partial charge in [-0.3, -0.25) is 4.98 Å². The van der Waals surface area contributed by atoms with Gasteiger partial charge in [0.25, 0.3) is 0 Å². The minimum atomic E-state index is -0.825. The van der Waals surface area contributed by atoms with Crippen LogP contribution in [0.25, 0.3) is 10.9 Å². The first-order valence-electron chi connectivity index (χ1n) is 7.99. The first-order valence-corrected chi connectivity index (χ1v) is 8.37. The van der Waals surface area contributed by atoms with Gasteiger partial charge in [-0.1, -0.05) is 16.8 Å². The van der Waals surface area contributed by atoms with Crippen molar-refractivity contribution in [3.63, 3.8) is 0 Å². The number of halogens is 1. The third-order valence-corrected chi connectivity index (χ3v) is 4.74. The number of aromatic nitrogens is 4. The van der Waals surface area contributed by atoms with Crippen LogP contribution in [0.2, 0.25) is 5.02 Å². The zero-order valence-corrected chi connectivity index (χ0v) is 13.9. The largest absolute Gasteiger partial charge is 0.386 e. The van der Waals surface area contributed by atoms with E-state index in [0.717, 1.165) is 36.0 Å². The highest BCUT2D eigenvalue weighted by molar-refractivity contribution is 6.31. The molecule has 4 rings (SSSR count). The van der Waals surface area contributed by atoms with E-state index in [-0.39, 0.29) is 0 Å². The van der Waals surface area contributed by atoms with Gasteiger partial charge in [0.15, 0.2) is 0 Å². The molecule has 1 N–H and O–H groups in total. The summed E-state index contributed by atoms with van der Waals surface area (Å²) >= 11 is 6.07. The Hall–Kier alpha value is -2.18. The van der Waals surface area contributed by atoms with Crippen LogP contribution in [0.5, 0.6) is 0 Å². The van der Waals surface area contributed by atoms with Crippen LogP contribution in [0.1, 0.15) is 12.8 Å². The molecule has 3 aromatic rings. The molecule has 7 heteroatoms. The van der Waals surface area contributed by atoms with Gasteiger partial charge in [-0.15, -0.1) is 5.10 Å². The summed E-state index contributed by atoms with van der Waals surface area (Å²) in [5.41, 5.74) is 1.12. The van der Waals surface area contributed by atoms with Gasteiger partial charge in [-0.2, -0.15) is 0 Å². The first kappa shape index (κ1) is 15.4. The molecule has 1 aliphatic rings. The van der Waals surface area contributed by atoms with Crippen LogP contribution in [-0.2, 0) is 6.54 Å². The van der Waals surface area contributed by atoms with Crippen molar-refractivity contribution in [1.29, 1.82) is 0 Å². The second-order valence-corrected chi connectivity index (χ2v) is 6.78. The number of piperidine rings is 1. The lowest BCUT2D eigenvalue weighted by molar-refractivity contribution is 0.00610. The fourth-order valence-corrected chi connectivity index (χ4v) is 3.61. The minimum Gasteiger partial charge on any atom is -0.386 e. The molecule has 1 unspecified atom stereocenters. The summed E-state index contributed by atoms with van der Waals surface area (Å²) in [4.78, 5) is 6.62. The third-order valence-electron chi connectivity index (χ3n) is 4.51. The molecule has 1 aromatic carbocycles. The van der Waals surface area contributed by atoms with Gasteiger partial charge in [0.1, 0.15) is 5.60 Å². The average molecular weight is 344 g/mol. The van der Waals surface area contributed by atoms with E-state index in [4.69, 9.17) is 11.6 Å². The maximum Gasteiger partial charge on any atom is 0.102 e. The molecule has 1 saturated heterocycles. The standard InChI is InChI=1S/C17H18ClN5O/c18-13-2-3-14-15(10-13)19-6-4-16(14)22-8-1-5-17(24,11-22)12-23-9-7-20-21-23/h2-4,6-7,9-10,24H,1,5,8,11-12H2. The Morgan fingerprint density at radius 2 is 2.17 bits per heavy atom. The summed E-state index contributed by atoms with van der Waals surface area (Å²) in [6.45, 7) is 1.90. The molecule has 124 valence electrons. The van der Waals surface area contributed by atoms with Crippen molar-refractivity contribution in [2.24, 2.45) is 0 Å². The molecule has 6 nitrogen and oxygen atoms in total. The van der Waals surface area contributed by atoms with Gasteiger partial charge in [0.05, 0.1) is 18.3 Å². The Bertz CT molecular complexity index is 853. The highest BCUT2D eigenvalue weighted by atomic mass is 35.5. The summed E-state index contributed by atoms with van der Waals surface area (Å²) in [5, 5.41) is 20.5. The van der Waals surface area contributed by atoms with Gasteiger partial charge in [0, 0.05) is 41.6 Å². The van der Waals surface area contributed by atoms with E-state index in [1.165, 1.54) is 0 Å². The molecular formula is C17H18ClN5O. The van der Waals surface area contributed by atoms with Crippen LogP contribution >= 0.6 is 11.6 Å². The molecule has 1 atom stereocenters. The molecule has 1 fully saturated rings. The predicted molar refractivity (Wildman–Crippen MR) is 93.2 cm³/mol. The molecule has 3 heterocycles. The zero-order chi connectivity index (χ0) is 16.6. The Kier molecular flexibility index (Phi) is 3.86. The maximum atomic E-state index is 11.0. The van der Waals surface area contributed by atoms with Gasteiger partial charge in [0.2, 0.25) is 0 Å².